The molecule has 8 nitrogen and oxygen atoms in total. The highest BCUT2D eigenvalue weighted by Crippen LogP contribution is 2.12. The molecule has 0 saturated heterocycles. The van der Waals surface area contributed by atoms with Gasteiger partial charge >= 0.3 is 11.9 Å². The van der Waals surface area contributed by atoms with Crippen molar-refractivity contribution in [2.45, 2.75) is 19.4 Å². The van der Waals surface area contributed by atoms with E-state index in [1.165, 1.54) is 4.40 Å². The highest BCUT2D eigenvalue weighted by atomic mass is 16.4. The topological polar surface area (TPSA) is 121 Å². The number of aryl methyl sites for hydroxylation is 1. The van der Waals surface area contributed by atoms with Crippen LogP contribution in [0.4, 0.5) is 0 Å². The summed E-state index contributed by atoms with van der Waals surface area (Å²) in [6.07, 6.45) is 0.925. The van der Waals surface area contributed by atoms with Gasteiger partial charge in [-0.2, -0.15) is 0 Å². The number of rotatable bonds is 5. The quantitative estimate of drug-likeness (QED) is 0.728. The van der Waals surface area contributed by atoms with Gasteiger partial charge in [0.2, 0.25) is 0 Å². The van der Waals surface area contributed by atoms with Crippen LogP contribution in [0, 0.1) is 6.92 Å². The molecule has 0 aliphatic carbocycles. The minimum atomic E-state index is -1.50. The fraction of sp³-hybridized carbons (Fsp3) is 0.231. The fourth-order valence-electron chi connectivity index (χ4n) is 1.99. The Labute approximate surface area is 119 Å². The van der Waals surface area contributed by atoms with Gasteiger partial charge in [-0.15, -0.1) is 0 Å². The summed E-state index contributed by atoms with van der Waals surface area (Å²) < 4.78 is 1.52. The smallest absolute Gasteiger partial charge is 0.326 e. The molecule has 0 saturated carbocycles. The van der Waals surface area contributed by atoms with Crippen molar-refractivity contribution in [1.82, 2.24) is 14.7 Å². The first-order chi connectivity index (χ1) is 9.90. The monoisotopic (exact) mass is 291 g/mol. The molecule has 2 heterocycles. The number of carboxylic acids is 2. The summed E-state index contributed by atoms with van der Waals surface area (Å²) in [6, 6.07) is 3.67. The number of pyridine rings is 1. The number of hydrogen-bond acceptors (Lipinski definition) is 4. The molecule has 1 amide bonds. The van der Waals surface area contributed by atoms with Crippen LogP contribution in [0.1, 0.15) is 22.6 Å². The van der Waals surface area contributed by atoms with Crippen LogP contribution in [0.2, 0.25) is 0 Å². The maximum absolute atomic E-state index is 12.2. The average Bonchev–Trinajstić information content (AvgIpc) is 2.73. The van der Waals surface area contributed by atoms with Crippen LogP contribution in [0.3, 0.4) is 0 Å². The van der Waals surface area contributed by atoms with E-state index in [-0.39, 0.29) is 5.69 Å². The zero-order valence-electron chi connectivity index (χ0n) is 11.1. The maximum atomic E-state index is 12.2. The SMILES string of the molecule is Cc1nc2ccccn2c1C(=O)NC(CC(=O)O)C(=O)O. The standard InChI is InChI=1S/C13H13N3O5/c1-7-11(16-5-3-2-4-9(16)14-7)12(19)15-8(13(20)21)6-10(17)18/h2-5,8H,6H2,1H3,(H,15,19)(H,17,18)(H,20,21). The lowest BCUT2D eigenvalue weighted by Crippen LogP contribution is -2.42. The van der Waals surface area contributed by atoms with Crippen LogP contribution in [0.5, 0.6) is 0 Å². The number of fused-ring (bicyclic) bond motifs is 1. The van der Waals surface area contributed by atoms with Gasteiger partial charge in [-0.3, -0.25) is 14.0 Å². The second-order valence-electron chi connectivity index (χ2n) is 4.44. The Hall–Kier alpha value is -2.90. The van der Waals surface area contributed by atoms with Gasteiger partial charge < -0.3 is 15.5 Å². The molecule has 0 aliphatic rings. The number of nitrogens with zero attached hydrogens (tertiary/aromatic N) is 2. The summed E-state index contributed by atoms with van der Waals surface area (Å²) in [4.78, 5) is 38.0. The molecule has 3 N–H and O–H groups in total. The normalized spacial score (nSPS) is 12.0. The largest absolute Gasteiger partial charge is 0.481 e. The summed E-state index contributed by atoms with van der Waals surface area (Å²) in [5, 5.41) is 19.8. The molecule has 0 bridgehead atoms. The second kappa shape index (κ2) is 5.61. The number of nitrogens with one attached hydrogen (secondary N) is 1. The van der Waals surface area contributed by atoms with Crippen LogP contribution in [0.25, 0.3) is 5.65 Å². The Bertz CT molecular complexity index is 722. The van der Waals surface area contributed by atoms with E-state index in [1.54, 1.807) is 31.3 Å². The second-order valence-corrected chi connectivity index (χ2v) is 4.44. The molecule has 110 valence electrons. The van der Waals surface area contributed by atoms with E-state index in [2.05, 4.69) is 10.3 Å². The van der Waals surface area contributed by atoms with E-state index in [9.17, 15) is 14.4 Å². The first-order valence-corrected chi connectivity index (χ1v) is 6.09. The Morgan fingerprint density at radius 1 is 1.33 bits per heavy atom. The third kappa shape index (κ3) is 2.99. The third-order valence-electron chi connectivity index (χ3n) is 2.90. The van der Waals surface area contributed by atoms with Crippen molar-refractivity contribution < 1.29 is 24.6 Å². The summed E-state index contributed by atoms with van der Waals surface area (Å²) in [5.74, 6) is -3.39. The van der Waals surface area contributed by atoms with Crippen molar-refractivity contribution in [3.63, 3.8) is 0 Å². The van der Waals surface area contributed by atoms with Gasteiger partial charge in [-0.25, -0.2) is 9.78 Å². The Kier molecular flexibility index (Phi) is 3.88. The molecule has 2 aromatic rings. The first kappa shape index (κ1) is 14.5. The molecule has 8 heteroatoms. The lowest BCUT2D eigenvalue weighted by atomic mass is 10.2. The van der Waals surface area contributed by atoms with E-state index < -0.39 is 30.3 Å². The van der Waals surface area contributed by atoms with Crippen LogP contribution in [-0.4, -0.2) is 43.5 Å². The average molecular weight is 291 g/mol. The van der Waals surface area contributed by atoms with Gasteiger partial charge in [-0.1, -0.05) is 6.07 Å². The molecule has 0 spiro atoms. The van der Waals surface area contributed by atoms with Crippen LogP contribution < -0.4 is 5.32 Å². The Balaban J connectivity index is 2.31. The van der Waals surface area contributed by atoms with Crippen molar-refractivity contribution in [1.29, 1.82) is 0 Å². The number of aliphatic carboxylic acids is 2. The number of hydrogen-bond donors (Lipinski definition) is 3. The van der Waals surface area contributed by atoms with Gasteiger partial charge in [0, 0.05) is 6.20 Å². The van der Waals surface area contributed by atoms with Gasteiger partial charge in [-0.05, 0) is 19.1 Å². The van der Waals surface area contributed by atoms with E-state index in [0.717, 1.165) is 0 Å². The molecule has 1 unspecified atom stereocenters. The molecule has 2 rings (SSSR count). The number of amides is 1. The molecule has 2 aromatic heterocycles. The minimum Gasteiger partial charge on any atom is -0.481 e. The molecule has 21 heavy (non-hydrogen) atoms. The maximum Gasteiger partial charge on any atom is 0.326 e. The van der Waals surface area contributed by atoms with E-state index >= 15 is 0 Å². The molecular weight excluding hydrogens is 278 g/mol. The molecular formula is C13H13N3O5. The molecule has 1 atom stereocenters. The van der Waals surface area contributed by atoms with Crippen molar-refractivity contribution in [3.05, 3.63) is 35.8 Å². The summed E-state index contributed by atoms with van der Waals surface area (Å²) >= 11 is 0. The number of carbonyl (C=O) groups is 3. The summed E-state index contributed by atoms with van der Waals surface area (Å²) in [6.45, 7) is 1.62. The Morgan fingerprint density at radius 2 is 2.05 bits per heavy atom. The molecule has 0 radical (unpaired) electrons. The Morgan fingerprint density at radius 3 is 2.67 bits per heavy atom. The number of carboxylic acid groups (broad SMARTS) is 2. The predicted molar refractivity (Wildman–Crippen MR) is 71.1 cm³/mol. The third-order valence-corrected chi connectivity index (χ3v) is 2.90. The zero-order chi connectivity index (χ0) is 15.6. The van der Waals surface area contributed by atoms with Gasteiger partial charge in [0.15, 0.2) is 0 Å². The number of imidazole rings is 1. The van der Waals surface area contributed by atoms with Crippen LogP contribution >= 0.6 is 0 Å². The minimum absolute atomic E-state index is 0.183. The van der Waals surface area contributed by atoms with Crippen LogP contribution in [-0.2, 0) is 9.59 Å². The van der Waals surface area contributed by atoms with E-state index in [1.807, 2.05) is 0 Å². The molecule has 0 fully saturated rings. The molecule has 0 aromatic carbocycles. The number of aromatic nitrogens is 2. The van der Waals surface area contributed by atoms with Gasteiger partial charge in [0.05, 0.1) is 12.1 Å². The lowest BCUT2D eigenvalue weighted by Gasteiger charge is -2.12. The van der Waals surface area contributed by atoms with E-state index in [0.29, 0.717) is 11.3 Å². The van der Waals surface area contributed by atoms with Gasteiger partial charge in [0.1, 0.15) is 17.4 Å². The predicted octanol–water partition coefficient (Wildman–Crippen LogP) is 0.300. The lowest BCUT2D eigenvalue weighted by molar-refractivity contribution is -0.145. The number of carbonyl (C=O) groups excluding carboxylic acids is 1. The van der Waals surface area contributed by atoms with Gasteiger partial charge in [0.25, 0.3) is 5.91 Å². The summed E-state index contributed by atoms with van der Waals surface area (Å²) in [5.41, 5.74) is 1.16. The van der Waals surface area contributed by atoms with Crippen molar-refractivity contribution in [3.8, 4) is 0 Å². The first-order valence-electron chi connectivity index (χ1n) is 6.09. The fourth-order valence-corrected chi connectivity index (χ4v) is 1.99. The van der Waals surface area contributed by atoms with Crippen molar-refractivity contribution in [2.75, 3.05) is 0 Å². The van der Waals surface area contributed by atoms with E-state index in [4.69, 9.17) is 10.2 Å². The van der Waals surface area contributed by atoms with Crippen LogP contribution in [0.15, 0.2) is 24.4 Å². The zero-order valence-corrected chi connectivity index (χ0v) is 11.1. The highest BCUT2D eigenvalue weighted by molar-refractivity contribution is 5.97. The summed E-state index contributed by atoms with van der Waals surface area (Å²) in [7, 11) is 0. The van der Waals surface area contributed by atoms with Crippen molar-refractivity contribution >= 4 is 23.5 Å². The highest BCUT2D eigenvalue weighted by Gasteiger charge is 2.26. The molecule has 0 aliphatic heterocycles. The van der Waals surface area contributed by atoms with Crippen molar-refractivity contribution in [2.24, 2.45) is 0 Å².